The molecule has 2 aromatic rings. The molecule has 0 bridgehead atoms. The van der Waals surface area contributed by atoms with E-state index in [1.807, 2.05) is 0 Å². The van der Waals surface area contributed by atoms with Gasteiger partial charge in [-0.25, -0.2) is 0 Å². The smallest absolute Gasteiger partial charge is 0.477 e. The molecular weight excluding hydrogens is 436 g/mol. The number of hydrogen-bond donors (Lipinski definition) is 0. The minimum absolute atomic E-state index is 0.117. The Morgan fingerprint density at radius 3 is 1.88 bits per heavy atom. The van der Waals surface area contributed by atoms with Gasteiger partial charge in [-0.15, -0.1) is 8.78 Å². The van der Waals surface area contributed by atoms with Gasteiger partial charge in [0.15, 0.2) is 27.3 Å². The second-order valence-corrected chi connectivity index (χ2v) is 8.39. The number of rotatable bonds is 7. The molecule has 0 saturated carbocycles. The fourth-order valence-electron chi connectivity index (χ4n) is 2.25. The molecule has 2 aromatic carbocycles. The van der Waals surface area contributed by atoms with Crippen LogP contribution in [0.1, 0.15) is 0 Å². The molecule has 0 aliphatic rings. The Morgan fingerprint density at radius 2 is 1.54 bits per heavy atom. The maximum atomic E-state index is 14.5. The Labute approximate surface area is 159 Å². The monoisotopic (exact) mass is 450 g/mol. The molecule has 0 aliphatic heterocycles. The zero-order valence-electron chi connectivity index (χ0n) is 14.0. The molecule has 1 unspecified atom stereocenters. The average Bonchev–Trinajstić information content (AvgIpc) is 2.61. The van der Waals surface area contributed by atoms with Gasteiger partial charge < -0.3 is 14.2 Å². The third-order valence-corrected chi connectivity index (χ3v) is 6.38. The molecule has 2 rings (SSSR count). The van der Waals surface area contributed by atoms with Crippen molar-refractivity contribution in [3.8, 4) is 17.2 Å². The molecule has 0 aromatic heterocycles. The zero-order valence-corrected chi connectivity index (χ0v) is 16.4. The largest absolute Gasteiger partial charge is 0.496 e. The lowest BCUT2D eigenvalue weighted by Crippen LogP contribution is -2.24. The van der Waals surface area contributed by atoms with Gasteiger partial charge in [0.05, 0.1) is 42.2 Å². The number of benzene rings is 2. The van der Waals surface area contributed by atoms with Gasteiger partial charge in [-0.05, 0) is 0 Å². The van der Waals surface area contributed by atoms with Crippen molar-refractivity contribution < 1.29 is 27.9 Å². The van der Waals surface area contributed by atoms with E-state index < -0.39 is 20.0 Å². The summed E-state index contributed by atoms with van der Waals surface area (Å²) < 4.78 is 41.3. The molecule has 6 nitrogen and oxygen atoms in total. The highest BCUT2D eigenvalue weighted by molar-refractivity contribution is 9.11. The summed E-state index contributed by atoms with van der Waals surface area (Å²) in [5.74, 6) is 0.691. The summed E-state index contributed by atoms with van der Waals surface area (Å²) in [6.45, 7) is 0. The third kappa shape index (κ3) is 4.18. The molecule has 0 N–H and O–H groups in total. The van der Waals surface area contributed by atoms with Crippen LogP contribution in [0.2, 0.25) is 0 Å². The molecule has 10 heteroatoms. The number of nitrogens with zero attached hydrogens (tertiary/aromatic N) is 1. The van der Waals surface area contributed by atoms with Gasteiger partial charge in [0, 0.05) is 36.4 Å². The molecule has 0 saturated heterocycles. The Hall–Kier alpha value is -2.07. The quantitative estimate of drug-likeness (QED) is 0.266. The number of halogens is 3. The lowest BCUT2D eigenvalue weighted by atomic mass is 10.3. The summed E-state index contributed by atoms with van der Waals surface area (Å²) in [5, 5.41) is 10.8. The first-order chi connectivity index (χ1) is 12.2. The lowest BCUT2D eigenvalue weighted by molar-refractivity contribution is -0.384. The highest BCUT2D eigenvalue weighted by Crippen LogP contribution is 2.49. The van der Waals surface area contributed by atoms with Crippen molar-refractivity contribution in [1.82, 2.24) is 0 Å². The van der Waals surface area contributed by atoms with Gasteiger partial charge in [0.25, 0.3) is 10.6 Å². The van der Waals surface area contributed by atoms with Crippen LogP contribution in [-0.2, 0) is 10.9 Å². The van der Waals surface area contributed by atoms with E-state index in [0.717, 1.165) is 0 Å². The summed E-state index contributed by atoms with van der Waals surface area (Å²) in [6, 6.07) is 7.89. The summed E-state index contributed by atoms with van der Waals surface area (Å²) in [4.78, 5) is 10.5. The van der Waals surface area contributed by atoms with Gasteiger partial charge in [-0.1, -0.05) is 0 Å². The van der Waals surface area contributed by atoms with Crippen molar-refractivity contribution in [2.75, 3.05) is 21.3 Å². The van der Waals surface area contributed by atoms with Gasteiger partial charge in [-0.3, -0.25) is 10.1 Å². The Morgan fingerprint density at radius 1 is 1.04 bits per heavy atom. The Kier molecular flexibility index (Phi) is 6.30. The minimum atomic E-state index is -3.35. The first-order valence-corrected chi connectivity index (χ1v) is 9.10. The van der Waals surface area contributed by atoms with E-state index in [0.29, 0.717) is 5.75 Å². The van der Waals surface area contributed by atoms with Crippen molar-refractivity contribution in [2.45, 2.75) is 14.0 Å². The number of methoxy groups -OCH3 is 3. The molecule has 0 radical (unpaired) electrons. The maximum Gasteiger partial charge on any atom is 0.477 e. The van der Waals surface area contributed by atoms with E-state index in [9.17, 15) is 18.9 Å². The van der Waals surface area contributed by atoms with Crippen LogP contribution in [0.3, 0.4) is 0 Å². The van der Waals surface area contributed by atoms with Crippen molar-refractivity contribution in [1.29, 1.82) is 0 Å². The van der Waals surface area contributed by atoms with Gasteiger partial charge in [0.2, 0.25) is 0 Å². The van der Waals surface area contributed by atoms with Crippen LogP contribution in [-0.4, -0.2) is 30.4 Å². The summed E-state index contributed by atoms with van der Waals surface area (Å²) in [7, 11) is 2.26. The molecule has 1 atom stereocenters. The van der Waals surface area contributed by atoms with Crippen LogP contribution < -0.4 is 14.2 Å². The molecule has 26 heavy (non-hydrogen) atoms. The standard InChI is InChI=1S/C16H15BrF2NO5S/c1-23-11-8-13(24-2)15(14(9-11)25-3)26(16(17,18)19)12-6-4-10(5-7-12)20(21)22/h4-9H,1-3H3/q+1. The van der Waals surface area contributed by atoms with E-state index in [-0.39, 0.29) is 27.0 Å². The van der Waals surface area contributed by atoms with Crippen LogP contribution in [0.5, 0.6) is 17.2 Å². The second kappa shape index (κ2) is 8.09. The summed E-state index contributed by atoms with van der Waals surface area (Å²) in [6.07, 6.45) is 0. The van der Waals surface area contributed by atoms with Crippen LogP contribution in [0, 0.1) is 10.1 Å². The zero-order chi connectivity index (χ0) is 19.5. The fraction of sp³-hybridized carbons (Fsp3) is 0.250. The van der Waals surface area contributed by atoms with E-state index in [1.165, 1.54) is 57.7 Å². The highest BCUT2D eigenvalue weighted by Gasteiger charge is 2.54. The molecule has 0 amide bonds. The molecular formula is C16H15BrF2NO5S+. The summed E-state index contributed by atoms with van der Waals surface area (Å²) >= 11 is 2.43. The topological polar surface area (TPSA) is 70.8 Å². The molecule has 0 fully saturated rings. The third-order valence-electron chi connectivity index (χ3n) is 3.39. The lowest BCUT2D eigenvalue weighted by Gasteiger charge is -2.17. The van der Waals surface area contributed by atoms with Gasteiger partial charge in [0.1, 0.15) is 5.75 Å². The molecule has 0 heterocycles. The van der Waals surface area contributed by atoms with Crippen LogP contribution in [0.25, 0.3) is 0 Å². The van der Waals surface area contributed by atoms with Crippen molar-refractivity contribution in [3.63, 3.8) is 0 Å². The SMILES string of the molecule is COc1cc(OC)c([S+](c2ccc([N+](=O)[O-])cc2)C(F)(F)Br)c(OC)c1. The minimum Gasteiger partial charge on any atom is -0.496 e. The number of hydrogen-bond acceptors (Lipinski definition) is 5. The highest BCUT2D eigenvalue weighted by atomic mass is 79.9. The summed E-state index contributed by atoms with van der Waals surface area (Å²) in [5.41, 5.74) is -0.191. The molecule has 0 aliphatic carbocycles. The van der Waals surface area contributed by atoms with Gasteiger partial charge in [-0.2, -0.15) is 0 Å². The number of alkyl halides is 3. The van der Waals surface area contributed by atoms with Crippen molar-refractivity contribution in [2.24, 2.45) is 0 Å². The van der Waals surface area contributed by atoms with Crippen LogP contribution in [0.15, 0.2) is 46.2 Å². The predicted octanol–water partition coefficient (Wildman–Crippen LogP) is 4.60. The first-order valence-electron chi connectivity index (χ1n) is 7.08. The Balaban J connectivity index is 2.70. The maximum absolute atomic E-state index is 14.5. The van der Waals surface area contributed by atoms with Gasteiger partial charge >= 0.3 is 4.16 Å². The molecule has 0 spiro atoms. The van der Waals surface area contributed by atoms with Crippen LogP contribution in [0.4, 0.5) is 14.5 Å². The van der Waals surface area contributed by atoms with E-state index in [2.05, 4.69) is 15.9 Å². The average molecular weight is 451 g/mol. The number of nitro groups is 1. The second-order valence-electron chi connectivity index (χ2n) is 4.86. The van der Waals surface area contributed by atoms with E-state index in [4.69, 9.17) is 14.2 Å². The van der Waals surface area contributed by atoms with Crippen molar-refractivity contribution in [3.05, 3.63) is 46.5 Å². The predicted molar refractivity (Wildman–Crippen MR) is 97.0 cm³/mol. The number of non-ortho nitro benzene ring substituents is 1. The number of ether oxygens (including phenoxy) is 3. The Bertz CT molecular complexity index is 773. The van der Waals surface area contributed by atoms with Crippen molar-refractivity contribution >= 4 is 32.5 Å². The molecule has 140 valence electrons. The van der Waals surface area contributed by atoms with E-state index >= 15 is 0 Å². The number of nitro benzene ring substituents is 1. The fourth-order valence-corrected chi connectivity index (χ4v) is 5.12. The normalized spacial score (nSPS) is 12.4. The van der Waals surface area contributed by atoms with Crippen LogP contribution >= 0.6 is 15.9 Å². The first kappa shape index (κ1) is 20.2. The van der Waals surface area contributed by atoms with E-state index in [1.54, 1.807) is 0 Å².